The highest BCUT2D eigenvalue weighted by Crippen LogP contribution is 2.37. The minimum absolute atomic E-state index is 0.354. The summed E-state index contributed by atoms with van der Waals surface area (Å²) >= 11 is 0. The number of ether oxygens (including phenoxy) is 1. The molecule has 25 heavy (non-hydrogen) atoms. The molecule has 120 valence electrons. The molecule has 0 atom stereocenters. The monoisotopic (exact) mass is 328 g/mol. The van der Waals surface area contributed by atoms with E-state index in [0.29, 0.717) is 33.8 Å². The molecule has 0 amide bonds. The van der Waals surface area contributed by atoms with Gasteiger partial charge in [0.25, 0.3) is 5.56 Å². The van der Waals surface area contributed by atoms with Crippen LogP contribution in [0.1, 0.15) is 0 Å². The fourth-order valence-electron chi connectivity index (χ4n) is 3.29. The molecular weight excluding hydrogens is 316 g/mol. The third-order valence-electron chi connectivity index (χ3n) is 4.38. The predicted molar refractivity (Wildman–Crippen MR) is 95.2 cm³/mol. The van der Waals surface area contributed by atoms with Gasteiger partial charge in [-0.05, 0) is 36.4 Å². The van der Waals surface area contributed by atoms with Gasteiger partial charge in [-0.1, -0.05) is 36.4 Å². The Hall–Kier alpha value is -3.60. The Bertz CT molecular complexity index is 1250. The Kier molecular flexibility index (Phi) is 2.73. The van der Waals surface area contributed by atoms with Crippen LogP contribution in [0.4, 0.5) is 0 Å². The number of benzene rings is 3. The third-order valence-corrected chi connectivity index (χ3v) is 4.38. The highest BCUT2D eigenvalue weighted by molar-refractivity contribution is 5.88. The summed E-state index contributed by atoms with van der Waals surface area (Å²) in [4.78, 5) is 26.3. The number of hydrogen-bond acceptors (Lipinski definition) is 3. The van der Waals surface area contributed by atoms with Crippen LogP contribution in [-0.2, 0) is 0 Å². The van der Waals surface area contributed by atoms with Crippen LogP contribution in [0.2, 0.25) is 0 Å². The molecule has 0 saturated carbocycles. The molecular formula is C20H12N2O3. The molecule has 2 heterocycles. The second-order valence-electron chi connectivity index (χ2n) is 5.82. The summed E-state index contributed by atoms with van der Waals surface area (Å²) < 4.78 is 8.65. The maximum Gasteiger partial charge on any atom is 0.341 e. The molecule has 0 saturated heterocycles. The first-order valence-corrected chi connectivity index (χ1v) is 7.89. The van der Waals surface area contributed by atoms with E-state index < -0.39 is 5.69 Å². The van der Waals surface area contributed by atoms with E-state index in [1.54, 1.807) is 47.0 Å². The highest BCUT2D eigenvalue weighted by atomic mass is 16.5. The summed E-state index contributed by atoms with van der Waals surface area (Å²) in [5.74, 6) is 1.09. The van der Waals surface area contributed by atoms with Crippen LogP contribution in [0.3, 0.4) is 0 Å². The molecule has 5 nitrogen and oxygen atoms in total. The number of aromatic nitrogens is 2. The lowest BCUT2D eigenvalue weighted by Crippen LogP contribution is -2.39. The Labute approximate surface area is 142 Å². The molecule has 5 rings (SSSR count). The second-order valence-corrected chi connectivity index (χ2v) is 5.82. The zero-order valence-corrected chi connectivity index (χ0v) is 13.0. The lowest BCUT2D eigenvalue weighted by atomic mass is 10.1. The number of hydrogen-bond donors (Lipinski definition) is 0. The van der Waals surface area contributed by atoms with Crippen LogP contribution in [0.5, 0.6) is 11.5 Å². The van der Waals surface area contributed by atoms with Crippen molar-refractivity contribution in [1.29, 1.82) is 0 Å². The van der Waals surface area contributed by atoms with E-state index in [2.05, 4.69) is 0 Å². The van der Waals surface area contributed by atoms with Crippen molar-refractivity contribution in [2.45, 2.75) is 0 Å². The van der Waals surface area contributed by atoms with Gasteiger partial charge in [0.1, 0.15) is 5.52 Å². The molecule has 0 radical (unpaired) electrons. The molecule has 4 aromatic rings. The van der Waals surface area contributed by atoms with Crippen molar-refractivity contribution >= 4 is 10.9 Å². The first-order chi connectivity index (χ1) is 12.3. The normalized spacial score (nSPS) is 11.8. The van der Waals surface area contributed by atoms with Gasteiger partial charge in [-0.15, -0.1) is 0 Å². The third kappa shape index (κ3) is 1.83. The molecule has 0 fully saturated rings. The van der Waals surface area contributed by atoms with Gasteiger partial charge >= 0.3 is 5.69 Å². The van der Waals surface area contributed by atoms with E-state index in [-0.39, 0.29) is 5.56 Å². The van der Waals surface area contributed by atoms with Crippen molar-refractivity contribution in [3.63, 3.8) is 0 Å². The molecule has 0 unspecified atom stereocenters. The van der Waals surface area contributed by atoms with Gasteiger partial charge in [0.05, 0.1) is 16.8 Å². The lowest BCUT2D eigenvalue weighted by molar-refractivity contribution is 0.472. The van der Waals surface area contributed by atoms with Crippen molar-refractivity contribution in [3.05, 3.63) is 93.6 Å². The minimum atomic E-state index is -0.410. The molecule has 0 bridgehead atoms. The van der Waals surface area contributed by atoms with Gasteiger partial charge in [-0.3, -0.25) is 9.36 Å². The SMILES string of the molecule is O=c1c2cccc3c2n(c(=O)n1-c1ccccc1)-c1ccccc1O3. The molecule has 3 aromatic carbocycles. The fourth-order valence-corrected chi connectivity index (χ4v) is 3.29. The summed E-state index contributed by atoms with van der Waals surface area (Å²) in [6, 6.07) is 21.5. The summed E-state index contributed by atoms with van der Waals surface area (Å²) in [5, 5.41) is 0.440. The van der Waals surface area contributed by atoms with Crippen LogP contribution < -0.4 is 16.0 Å². The number of nitrogens with zero attached hydrogens (tertiary/aromatic N) is 2. The second kappa shape index (κ2) is 4.95. The molecule has 0 spiro atoms. The highest BCUT2D eigenvalue weighted by Gasteiger charge is 2.24. The van der Waals surface area contributed by atoms with Crippen molar-refractivity contribution in [2.24, 2.45) is 0 Å². The van der Waals surface area contributed by atoms with Crippen molar-refractivity contribution in [1.82, 2.24) is 9.13 Å². The Balaban J connectivity index is 2.03. The van der Waals surface area contributed by atoms with E-state index in [9.17, 15) is 9.59 Å². The van der Waals surface area contributed by atoms with E-state index in [0.717, 1.165) is 0 Å². The predicted octanol–water partition coefficient (Wildman–Crippen LogP) is 3.25. The maximum absolute atomic E-state index is 13.3. The van der Waals surface area contributed by atoms with Crippen molar-refractivity contribution in [2.75, 3.05) is 0 Å². The number of para-hydroxylation sites is 4. The fraction of sp³-hybridized carbons (Fsp3) is 0. The van der Waals surface area contributed by atoms with Gasteiger partial charge in [0.15, 0.2) is 11.5 Å². The maximum atomic E-state index is 13.3. The van der Waals surface area contributed by atoms with Crippen LogP contribution in [0.25, 0.3) is 22.3 Å². The van der Waals surface area contributed by atoms with E-state index in [1.807, 2.05) is 30.3 Å². The van der Waals surface area contributed by atoms with Crippen LogP contribution in [0, 0.1) is 0 Å². The van der Waals surface area contributed by atoms with Crippen molar-refractivity contribution in [3.8, 4) is 22.9 Å². The summed E-state index contributed by atoms with van der Waals surface area (Å²) in [6.45, 7) is 0. The van der Waals surface area contributed by atoms with E-state index in [1.165, 1.54) is 4.57 Å². The molecule has 5 heteroatoms. The Morgan fingerprint density at radius 3 is 2.24 bits per heavy atom. The average Bonchev–Trinajstić information content (AvgIpc) is 2.65. The Morgan fingerprint density at radius 1 is 0.680 bits per heavy atom. The first kappa shape index (κ1) is 13.8. The van der Waals surface area contributed by atoms with E-state index >= 15 is 0 Å². The minimum Gasteiger partial charge on any atom is -0.453 e. The van der Waals surface area contributed by atoms with Crippen LogP contribution in [0.15, 0.2) is 82.4 Å². The van der Waals surface area contributed by atoms with Gasteiger partial charge in [0, 0.05) is 0 Å². The Morgan fingerprint density at radius 2 is 1.40 bits per heavy atom. The summed E-state index contributed by atoms with van der Waals surface area (Å²) in [5.41, 5.74) is 0.904. The van der Waals surface area contributed by atoms with Crippen molar-refractivity contribution < 1.29 is 4.74 Å². The van der Waals surface area contributed by atoms with Crippen LogP contribution in [-0.4, -0.2) is 9.13 Å². The van der Waals surface area contributed by atoms with Gasteiger partial charge < -0.3 is 4.74 Å². The van der Waals surface area contributed by atoms with E-state index in [4.69, 9.17) is 4.74 Å². The standard InChI is InChI=1S/C20H12N2O3/c23-19-14-9-6-12-17-18(14)22(15-10-4-5-11-16(15)25-17)20(24)21(19)13-7-2-1-3-8-13/h1-12H. The number of rotatable bonds is 1. The molecule has 0 N–H and O–H groups in total. The molecule has 1 aliphatic heterocycles. The first-order valence-electron chi connectivity index (χ1n) is 7.89. The topological polar surface area (TPSA) is 53.2 Å². The smallest absolute Gasteiger partial charge is 0.341 e. The molecule has 1 aromatic heterocycles. The van der Waals surface area contributed by atoms with Gasteiger partial charge in [-0.2, -0.15) is 0 Å². The lowest BCUT2D eigenvalue weighted by Gasteiger charge is -2.23. The number of fused-ring (bicyclic) bond motifs is 2. The molecule has 1 aliphatic rings. The quantitative estimate of drug-likeness (QED) is 0.475. The zero-order valence-electron chi connectivity index (χ0n) is 13.0. The van der Waals surface area contributed by atoms with Crippen LogP contribution >= 0.6 is 0 Å². The largest absolute Gasteiger partial charge is 0.453 e. The van der Waals surface area contributed by atoms with Gasteiger partial charge in [0.2, 0.25) is 0 Å². The zero-order chi connectivity index (χ0) is 17.0. The summed E-state index contributed by atoms with van der Waals surface area (Å²) in [6.07, 6.45) is 0. The average molecular weight is 328 g/mol. The summed E-state index contributed by atoms with van der Waals surface area (Å²) in [7, 11) is 0. The molecule has 0 aliphatic carbocycles. The van der Waals surface area contributed by atoms with Gasteiger partial charge in [-0.25, -0.2) is 9.36 Å².